The minimum atomic E-state index is -0.442. The highest BCUT2D eigenvalue weighted by atomic mass is 16.5. The SMILES string of the molecule is COc1cc2c(cc1OC)[C@@H]1[C@H](C(=O)N(C)C3CCCCC3)c3ccccc3C(=O)N1CC2. The maximum Gasteiger partial charge on any atom is 0.254 e. The molecule has 3 aliphatic rings. The minimum Gasteiger partial charge on any atom is -0.493 e. The van der Waals surface area contributed by atoms with Gasteiger partial charge in [-0.25, -0.2) is 0 Å². The Bertz CT molecular complexity index is 1080. The topological polar surface area (TPSA) is 59.1 Å². The number of fused-ring (bicyclic) bond motifs is 4. The van der Waals surface area contributed by atoms with Gasteiger partial charge in [-0.05, 0) is 54.2 Å². The van der Waals surface area contributed by atoms with Crippen molar-refractivity contribution in [3.05, 3.63) is 58.7 Å². The molecule has 174 valence electrons. The molecular formula is C27H32N2O4. The van der Waals surface area contributed by atoms with Gasteiger partial charge in [-0.3, -0.25) is 9.59 Å². The summed E-state index contributed by atoms with van der Waals surface area (Å²) >= 11 is 0. The van der Waals surface area contributed by atoms with E-state index in [2.05, 4.69) is 0 Å². The zero-order chi connectivity index (χ0) is 23.1. The molecule has 0 radical (unpaired) electrons. The van der Waals surface area contributed by atoms with Crippen LogP contribution in [0.1, 0.15) is 71.1 Å². The van der Waals surface area contributed by atoms with Gasteiger partial charge in [0.2, 0.25) is 5.91 Å². The molecule has 1 fully saturated rings. The van der Waals surface area contributed by atoms with Gasteiger partial charge >= 0.3 is 0 Å². The Labute approximate surface area is 195 Å². The molecular weight excluding hydrogens is 416 g/mol. The van der Waals surface area contributed by atoms with Gasteiger partial charge in [0.15, 0.2) is 11.5 Å². The number of methoxy groups -OCH3 is 2. The van der Waals surface area contributed by atoms with Gasteiger partial charge in [-0.15, -0.1) is 0 Å². The first-order valence-electron chi connectivity index (χ1n) is 12.0. The van der Waals surface area contributed by atoms with E-state index in [0.717, 1.165) is 48.8 Å². The van der Waals surface area contributed by atoms with E-state index >= 15 is 0 Å². The van der Waals surface area contributed by atoms with Crippen LogP contribution in [0.25, 0.3) is 0 Å². The van der Waals surface area contributed by atoms with E-state index in [-0.39, 0.29) is 23.9 Å². The predicted molar refractivity (Wildman–Crippen MR) is 126 cm³/mol. The van der Waals surface area contributed by atoms with E-state index in [9.17, 15) is 9.59 Å². The summed E-state index contributed by atoms with van der Waals surface area (Å²) < 4.78 is 11.1. The third-order valence-electron chi connectivity index (χ3n) is 7.76. The summed E-state index contributed by atoms with van der Waals surface area (Å²) in [7, 11) is 5.19. The Morgan fingerprint density at radius 1 is 1.00 bits per heavy atom. The molecule has 1 saturated carbocycles. The molecule has 1 aliphatic carbocycles. The Balaban J connectivity index is 1.64. The number of rotatable bonds is 4. The molecule has 6 heteroatoms. The molecule has 6 nitrogen and oxygen atoms in total. The second kappa shape index (κ2) is 8.73. The number of likely N-dealkylation sites (N-methyl/N-ethyl adjacent to an activating group) is 1. The zero-order valence-corrected chi connectivity index (χ0v) is 19.7. The van der Waals surface area contributed by atoms with Crippen LogP contribution >= 0.6 is 0 Å². The van der Waals surface area contributed by atoms with Crippen LogP contribution in [0.5, 0.6) is 11.5 Å². The van der Waals surface area contributed by atoms with Crippen molar-refractivity contribution in [2.45, 2.75) is 56.5 Å². The molecule has 2 heterocycles. The van der Waals surface area contributed by atoms with E-state index < -0.39 is 5.92 Å². The number of hydrogen-bond acceptors (Lipinski definition) is 4. The molecule has 2 atom stereocenters. The average molecular weight is 449 g/mol. The first-order chi connectivity index (χ1) is 16.0. The lowest BCUT2D eigenvalue weighted by Gasteiger charge is -2.47. The van der Waals surface area contributed by atoms with Gasteiger partial charge in [0.05, 0.1) is 26.2 Å². The molecule has 5 rings (SSSR count). The quantitative estimate of drug-likeness (QED) is 0.699. The highest BCUT2D eigenvalue weighted by molar-refractivity contribution is 6.01. The van der Waals surface area contributed by atoms with Crippen LogP contribution in [0.4, 0.5) is 0 Å². The van der Waals surface area contributed by atoms with E-state index in [1.54, 1.807) is 14.2 Å². The molecule has 0 bridgehead atoms. The van der Waals surface area contributed by atoms with Crippen LogP contribution in [0.15, 0.2) is 36.4 Å². The summed E-state index contributed by atoms with van der Waals surface area (Å²) in [6, 6.07) is 11.5. The zero-order valence-electron chi connectivity index (χ0n) is 19.7. The van der Waals surface area contributed by atoms with Gasteiger partial charge in [-0.1, -0.05) is 37.5 Å². The van der Waals surface area contributed by atoms with Crippen molar-refractivity contribution >= 4 is 11.8 Å². The van der Waals surface area contributed by atoms with Crippen LogP contribution in [-0.4, -0.2) is 55.5 Å². The van der Waals surface area contributed by atoms with Crippen molar-refractivity contribution < 1.29 is 19.1 Å². The summed E-state index contributed by atoms with van der Waals surface area (Å²) in [6.07, 6.45) is 6.38. The molecule has 0 spiro atoms. The second-order valence-corrected chi connectivity index (χ2v) is 9.41. The summed E-state index contributed by atoms with van der Waals surface area (Å²) in [4.78, 5) is 31.5. The van der Waals surface area contributed by atoms with Gasteiger partial charge in [-0.2, -0.15) is 0 Å². The largest absolute Gasteiger partial charge is 0.493 e. The number of amides is 2. The molecule has 0 saturated heterocycles. The van der Waals surface area contributed by atoms with Crippen molar-refractivity contribution in [1.29, 1.82) is 0 Å². The van der Waals surface area contributed by atoms with Crippen molar-refractivity contribution in [3.63, 3.8) is 0 Å². The number of carbonyl (C=O) groups excluding carboxylic acids is 2. The van der Waals surface area contributed by atoms with E-state index in [0.29, 0.717) is 23.6 Å². The van der Waals surface area contributed by atoms with Crippen LogP contribution in [0.2, 0.25) is 0 Å². The van der Waals surface area contributed by atoms with E-state index in [1.807, 2.05) is 53.2 Å². The van der Waals surface area contributed by atoms with Crippen molar-refractivity contribution in [3.8, 4) is 11.5 Å². The molecule has 0 N–H and O–H groups in total. The lowest BCUT2D eigenvalue weighted by Crippen LogP contribution is -2.51. The normalized spacial score (nSPS) is 22.2. The van der Waals surface area contributed by atoms with Crippen molar-refractivity contribution in [1.82, 2.24) is 9.80 Å². The lowest BCUT2D eigenvalue weighted by molar-refractivity contribution is -0.136. The highest BCUT2D eigenvalue weighted by Gasteiger charge is 2.48. The summed E-state index contributed by atoms with van der Waals surface area (Å²) in [5.74, 6) is 0.952. The molecule has 33 heavy (non-hydrogen) atoms. The first kappa shape index (κ1) is 21.8. The van der Waals surface area contributed by atoms with Gasteiger partial charge in [0, 0.05) is 25.2 Å². The van der Waals surface area contributed by atoms with Crippen LogP contribution in [0, 0.1) is 0 Å². The molecule has 2 aliphatic heterocycles. The average Bonchev–Trinajstić information content (AvgIpc) is 2.87. The fourth-order valence-electron chi connectivity index (χ4n) is 5.99. The summed E-state index contributed by atoms with van der Waals surface area (Å²) in [6.45, 7) is 0.581. The van der Waals surface area contributed by atoms with Crippen LogP contribution < -0.4 is 9.47 Å². The van der Waals surface area contributed by atoms with E-state index in [4.69, 9.17) is 9.47 Å². The molecule has 0 unspecified atom stereocenters. The maximum atomic E-state index is 14.1. The number of hydrogen-bond donors (Lipinski definition) is 0. The maximum absolute atomic E-state index is 14.1. The Morgan fingerprint density at radius 3 is 2.42 bits per heavy atom. The smallest absolute Gasteiger partial charge is 0.254 e. The third-order valence-corrected chi connectivity index (χ3v) is 7.76. The standard InChI is InChI=1S/C27H32N2O4/c1-28(18-9-5-4-6-10-18)27(31)24-19-11-7-8-12-20(19)26(30)29-14-13-17-15-22(32-2)23(33-3)16-21(17)25(24)29/h7-8,11-12,15-16,18,24-25H,4-6,9-10,13-14H2,1-3H3/t24-,25-/m1/s1. The highest BCUT2D eigenvalue weighted by Crippen LogP contribution is 2.49. The molecule has 2 aromatic carbocycles. The van der Waals surface area contributed by atoms with Crippen LogP contribution in [0.3, 0.4) is 0 Å². The predicted octanol–water partition coefficient (Wildman–Crippen LogP) is 4.33. The monoisotopic (exact) mass is 448 g/mol. The molecule has 2 aromatic rings. The summed E-state index contributed by atoms with van der Waals surface area (Å²) in [5, 5.41) is 0. The first-order valence-corrected chi connectivity index (χ1v) is 12.0. The minimum absolute atomic E-state index is 0.000374. The van der Waals surface area contributed by atoms with E-state index in [1.165, 1.54) is 6.42 Å². The Hall–Kier alpha value is -3.02. The van der Waals surface area contributed by atoms with Crippen molar-refractivity contribution in [2.75, 3.05) is 27.8 Å². The summed E-state index contributed by atoms with van der Waals surface area (Å²) in [5.41, 5.74) is 3.57. The van der Waals surface area contributed by atoms with Gasteiger partial charge in [0.1, 0.15) is 0 Å². The third kappa shape index (κ3) is 3.56. The fourth-order valence-corrected chi connectivity index (χ4v) is 5.99. The van der Waals surface area contributed by atoms with Gasteiger partial charge in [0.25, 0.3) is 5.91 Å². The number of benzene rings is 2. The lowest BCUT2D eigenvalue weighted by atomic mass is 9.75. The molecule has 2 amide bonds. The fraction of sp³-hybridized carbons (Fsp3) is 0.481. The number of ether oxygens (including phenoxy) is 2. The van der Waals surface area contributed by atoms with Crippen LogP contribution in [-0.2, 0) is 11.2 Å². The van der Waals surface area contributed by atoms with Gasteiger partial charge < -0.3 is 19.3 Å². The van der Waals surface area contributed by atoms with Crippen molar-refractivity contribution in [2.24, 2.45) is 0 Å². The number of carbonyl (C=O) groups is 2. The number of nitrogens with zero attached hydrogens (tertiary/aromatic N) is 2. The second-order valence-electron chi connectivity index (χ2n) is 9.41. The Kier molecular flexibility index (Phi) is 5.77. The molecule has 0 aromatic heterocycles. The Morgan fingerprint density at radius 2 is 1.70 bits per heavy atom.